The predicted molar refractivity (Wildman–Crippen MR) is 188 cm³/mol. The minimum Gasteiger partial charge on any atom is -0.384 e. The third-order valence-corrected chi connectivity index (χ3v) is 11.4. The van der Waals surface area contributed by atoms with Gasteiger partial charge in [0.2, 0.25) is 11.8 Å². The highest BCUT2D eigenvalue weighted by Crippen LogP contribution is 2.53. The highest BCUT2D eigenvalue weighted by molar-refractivity contribution is 14.1. The summed E-state index contributed by atoms with van der Waals surface area (Å²) in [7, 11) is 0. The molecular formula is C34H37ClIN5O3S. The minimum absolute atomic E-state index is 0.0325. The van der Waals surface area contributed by atoms with Crippen LogP contribution >= 0.6 is 46.0 Å². The van der Waals surface area contributed by atoms with Gasteiger partial charge in [0.25, 0.3) is 0 Å². The highest BCUT2D eigenvalue weighted by Gasteiger charge is 2.61. The Morgan fingerprint density at radius 2 is 1.71 bits per heavy atom. The fourth-order valence-corrected chi connectivity index (χ4v) is 8.82. The van der Waals surface area contributed by atoms with Crippen molar-refractivity contribution < 1.29 is 14.4 Å². The summed E-state index contributed by atoms with van der Waals surface area (Å²) >= 11 is 10.2. The van der Waals surface area contributed by atoms with E-state index in [0.717, 1.165) is 30.8 Å². The number of hydrogen-bond donors (Lipinski definition) is 2. The number of anilines is 1. The first-order chi connectivity index (χ1) is 21.7. The minimum atomic E-state index is -1.09. The molecule has 3 heterocycles. The summed E-state index contributed by atoms with van der Waals surface area (Å²) in [5.74, 6) is -0.213. The number of halogens is 2. The van der Waals surface area contributed by atoms with Gasteiger partial charge < -0.3 is 25.3 Å². The summed E-state index contributed by atoms with van der Waals surface area (Å²) in [6, 6.07) is 21.7. The van der Waals surface area contributed by atoms with Crippen LogP contribution in [0.25, 0.3) is 0 Å². The van der Waals surface area contributed by atoms with Gasteiger partial charge in [0.15, 0.2) is 0 Å². The molecule has 8 nitrogen and oxygen atoms in total. The number of benzene rings is 3. The lowest BCUT2D eigenvalue weighted by molar-refractivity contribution is -0.136. The molecule has 0 aliphatic carbocycles. The number of carbonyl (C=O) groups is 3. The number of aryl methyl sites for hydroxylation is 1. The largest absolute Gasteiger partial charge is 0.384 e. The normalized spacial score (nSPS) is 22.8. The lowest BCUT2D eigenvalue weighted by Crippen LogP contribution is -2.60. The molecule has 3 atom stereocenters. The second-order valence-corrected chi connectivity index (χ2v) is 15.0. The molecule has 2 N–H and O–H groups in total. The molecule has 6 rings (SSSR count). The van der Waals surface area contributed by atoms with Crippen LogP contribution in [0.3, 0.4) is 0 Å². The first-order valence-corrected chi connectivity index (χ1v) is 17.6. The molecule has 0 aromatic heterocycles. The van der Waals surface area contributed by atoms with E-state index in [1.807, 2.05) is 66.1 Å². The molecule has 0 bridgehead atoms. The number of fused-ring (bicyclic) bond motifs is 1. The van der Waals surface area contributed by atoms with E-state index in [1.54, 1.807) is 4.90 Å². The fraction of sp³-hybridized carbons (Fsp3) is 0.382. The van der Waals surface area contributed by atoms with Crippen LogP contribution in [0.15, 0.2) is 71.6 Å². The smallest absolute Gasteiger partial charge is 0.317 e. The number of amides is 4. The van der Waals surface area contributed by atoms with E-state index in [0.29, 0.717) is 50.8 Å². The van der Waals surface area contributed by atoms with Crippen LogP contribution in [0.4, 0.5) is 10.5 Å². The van der Waals surface area contributed by atoms with Crippen molar-refractivity contribution in [2.75, 3.05) is 44.6 Å². The van der Waals surface area contributed by atoms with Gasteiger partial charge >= 0.3 is 6.03 Å². The van der Waals surface area contributed by atoms with Crippen molar-refractivity contribution in [1.29, 1.82) is 0 Å². The Morgan fingerprint density at radius 3 is 2.40 bits per heavy atom. The molecule has 3 aliphatic heterocycles. The zero-order valence-corrected chi connectivity index (χ0v) is 29.1. The Hall–Kier alpha value is -2.96. The molecule has 1 unspecified atom stereocenters. The van der Waals surface area contributed by atoms with Crippen molar-refractivity contribution >= 4 is 69.5 Å². The molecule has 0 saturated carbocycles. The summed E-state index contributed by atoms with van der Waals surface area (Å²) in [6.07, 6.45) is 0.0926. The van der Waals surface area contributed by atoms with Gasteiger partial charge in [-0.3, -0.25) is 9.59 Å². The van der Waals surface area contributed by atoms with E-state index in [2.05, 4.69) is 57.5 Å². The second kappa shape index (κ2) is 13.4. The number of thioether (sulfide) groups is 1. The van der Waals surface area contributed by atoms with Gasteiger partial charge in [-0.05, 0) is 84.0 Å². The number of likely N-dealkylation sites (tertiary alicyclic amines) is 1. The van der Waals surface area contributed by atoms with Crippen molar-refractivity contribution in [3.63, 3.8) is 0 Å². The highest BCUT2D eigenvalue weighted by atomic mass is 127. The Balaban J connectivity index is 1.43. The lowest BCUT2D eigenvalue weighted by atomic mass is 9.83. The zero-order chi connectivity index (χ0) is 31.7. The molecule has 3 aromatic rings. The van der Waals surface area contributed by atoms with Gasteiger partial charge in [-0.2, -0.15) is 0 Å². The molecular weight excluding hydrogens is 721 g/mol. The average Bonchev–Trinajstić information content (AvgIpc) is 3.56. The molecule has 0 spiro atoms. The van der Waals surface area contributed by atoms with Crippen LogP contribution in [0.2, 0.25) is 5.02 Å². The molecule has 2 fully saturated rings. The van der Waals surface area contributed by atoms with Crippen molar-refractivity contribution in [2.45, 2.75) is 48.4 Å². The molecule has 236 valence electrons. The van der Waals surface area contributed by atoms with Crippen LogP contribution in [0.5, 0.6) is 0 Å². The third kappa shape index (κ3) is 6.51. The van der Waals surface area contributed by atoms with Crippen molar-refractivity contribution in [3.8, 4) is 0 Å². The molecule has 3 aromatic carbocycles. The Kier molecular flexibility index (Phi) is 9.54. The first kappa shape index (κ1) is 32.0. The van der Waals surface area contributed by atoms with Crippen molar-refractivity contribution in [2.24, 2.45) is 0 Å². The SMILES string of the molecule is CCNC(=O)N1CCN(C(=O)[C@]2(Sc3ccc(C)cc3)CC(=O)N(Cc3ccc(I)cc3)[C@H]2C2CNc3cc(Cl)ccc32)CC1. The monoisotopic (exact) mass is 757 g/mol. The van der Waals surface area contributed by atoms with Crippen LogP contribution in [-0.2, 0) is 16.1 Å². The zero-order valence-electron chi connectivity index (χ0n) is 25.4. The number of urea groups is 1. The molecule has 11 heteroatoms. The Morgan fingerprint density at radius 1 is 1.02 bits per heavy atom. The van der Waals surface area contributed by atoms with E-state index in [1.165, 1.54) is 11.8 Å². The van der Waals surface area contributed by atoms with Crippen LogP contribution in [0.1, 0.15) is 36.0 Å². The third-order valence-electron chi connectivity index (χ3n) is 8.99. The van der Waals surface area contributed by atoms with Gasteiger partial charge in [-0.25, -0.2) is 4.79 Å². The Bertz CT molecular complexity index is 1580. The number of nitrogens with one attached hydrogen (secondary N) is 2. The van der Waals surface area contributed by atoms with Crippen LogP contribution in [-0.4, -0.2) is 82.6 Å². The van der Waals surface area contributed by atoms with Crippen LogP contribution < -0.4 is 10.6 Å². The standard InChI is InChI=1S/C34H37ClIN5O3S/c1-3-37-33(44)40-16-14-39(15-17-40)32(43)34(45-26-11-4-22(2)5-12-26)19-30(42)41(21-23-6-9-25(36)10-7-23)31(34)28-20-38-29-18-24(35)8-13-27(28)29/h4-13,18,28,31,38H,3,14-17,19-21H2,1-2H3,(H,37,44)/t28?,31-,34-/m0/s1. The topological polar surface area (TPSA) is 85.0 Å². The molecule has 45 heavy (non-hydrogen) atoms. The van der Waals surface area contributed by atoms with Gasteiger partial charge in [-0.1, -0.05) is 47.5 Å². The lowest BCUT2D eigenvalue weighted by Gasteiger charge is -2.44. The Labute approximate surface area is 287 Å². The summed E-state index contributed by atoms with van der Waals surface area (Å²) in [5.41, 5.74) is 4.16. The predicted octanol–water partition coefficient (Wildman–Crippen LogP) is 5.97. The average molecular weight is 758 g/mol. The summed E-state index contributed by atoms with van der Waals surface area (Å²) in [6.45, 7) is 7.21. The van der Waals surface area contributed by atoms with Crippen LogP contribution in [0, 0.1) is 10.5 Å². The second-order valence-electron chi connectivity index (χ2n) is 11.9. The molecule has 3 aliphatic rings. The summed E-state index contributed by atoms with van der Waals surface area (Å²) in [4.78, 5) is 48.4. The van der Waals surface area contributed by atoms with Crippen molar-refractivity contribution in [3.05, 3.63) is 92.0 Å². The van der Waals surface area contributed by atoms with Crippen molar-refractivity contribution in [1.82, 2.24) is 20.0 Å². The van der Waals surface area contributed by atoms with Gasteiger partial charge in [0.05, 0.1) is 12.5 Å². The summed E-state index contributed by atoms with van der Waals surface area (Å²) in [5, 5.41) is 7.03. The van der Waals surface area contributed by atoms with Gasteiger partial charge in [0, 0.05) is 70.9 Å². The maximum absolute atomic E-state index is 15.1. The van der Waals surface area contributed by atoms with E-state index >= 15 is 4.79 Å². The number of nitrogens with zero attached hydrogens (tertiary/aromatic N) is 3. The van der Waals surface area contributed by atoms with Gasteiger partial charge in [-0.15, -0.1) is 11.8 Å². The maximum atomic E-state index is 15.1. The summed E-state index contributed by atoms with van der Waals surface area (Å²) < 4.78 is 0.0365. The first-order valence-electron chi connectivity index (χ1n) is 15.3. The number of carbonyl (C=O) groups excluding carboxylic acids is 3. The van der Waals surface area contributed by atoms with E-state index in [-0.39, 0.29) is 30.2 Å². The quantitative estimate of drug-likeness (QED) is 0.291. The number of hydrogen-bond acceptors (Lipinski definition) is 5. The maximum Gasteiger partial charge on any atom is 0.317 e. The number of rotatable bonds is 7. The number of piperazine rings is 1. The molecule has 2 saturated heterocycles. The van der Waals surface area contributed by atoms with E-state index in [4.69, 9.17) is 11.6 Å². The van der Waals surface area contributed by atoms with E-state index < -0.39 is 10.8 Å². The van der Waals surface area contributed by atoms with Gasteiger partial charge in [0.1, 0.15) is 4.75 Å². The molecule has 0 radical (unpaired) electrons. The molecule has 4 amide bonds. The van der Waals surface area contributed by atoms with E-state index in [9.17, 15) is 9.59 Å². The fourth-order valence-electron chi connectivity index (χ4n) is 6.77.